The van der Waals surface area contributed by atoms with Crippen molar-refractivity contribution in [3.63, 3.8) is 0 Å². The van der Waals surface area contributed by atoms with Gasteiger partial charge in [-0.05, 0) is 60.2 Å². The molecule has 3 N–H and O–H groups in total. The molecule has 178 valence electrons. The first-order chi connectivity index (χ1) is 16.9. The molecular weight excluding hydrogens is 507 g/mol. The van der Waals surface area contributed by atoms with Gasteiger partial charge < -0.3 is 15.7 Å². The number of aromatic hydroxyl groups is 1. The molecule has 2 heterocycles. The average Bonchev–Trinajstić information content (AvgIpc) is 3.34. The predicted molar refractivity (Wildman–Crippen MR) is 138 cm³/mol. The molecule has 0 unspecified atom stereocenters. The first-order valence-electron chi connectivity index (χ1n) is 10.9. The maximum absolute atomic E-state index is 13.0. The molecule has 4 aromatic rings. The van der Waals surface area contributed by atoms with Crippen molar-refractivity contribution in [2.24, 2.45) is 0 Å². The summed E-state index contributed by atoms with van der Waals surface area (Å²) in [4.78, 5) is 25.8. The van der Waals surface area contributed by atoms with Crippen molar-refractivity contribution >= 4 is 52.2 Å². The van der Waals surface area contributed by atoms with E-state index in [1.807, 2.05) is 11.4 Å². The highest BCUT2D eigenvalue weighted by Crippen LogP contribution is 2.42. The van der Waals surface area contributed by atoms with E-state index in [1.54, 1.807) is 42.5 Å². The standard InChI is InChI=1S/C25H20Cl2N4O3S/c26-18-8-3-14(10-19(18)27)13-28-25(34)31-21(15-4-5-15)12-20(30-31)17-7-6-16(11-22(17)32)29-24(33)23-2-1-9-35-23/h1-3,6-12,15,32H,4-5,13H2,(H,28,34)(H,29,33). The molecule has 0 atom stereocenters. The molecule has 0 aliphatic heterocycles. The largest absolute Gasteiger partial charge is 0.507 e. The second-order valence-electron chi connectivity index (χ2n) is 8.21. The second-order valence-corrected chi connectivity index (χ2v) is 9.97. The number of carbonyl (C=O) groups excluding carboxylic acids is 2. The van der Waals surface area contributed by atoms with Crippen molar-refractivity contribution in [3.05, 3.63) is 86.2 Å². The van der Waals surface area contributed by atoms with Gasteiger partial charge in [0, 0.05) is 29.8 Å². The summed E-state index contributed by atoms with van der Waals surface area (Å²) in [5.74, 6) is -0.0400. The summed E-state index contributed by atoms with van der Waals surface area (Å²) in [5, 5.41) is 23.5. The number of rotatable bonds is 6. The number of aromatic nitrogens is 2. The van der Waals surface area contributed by atoms with Crippen molar-refractivity contribution in [1.29, 1.82) is 0 Å². The van der Waals surface area contributed by atoms with Gasteiger partial charge in [0.05, 0.1) is 26.3 Å². The Balaban J connectivity index is 1.34. The number of nitrogens with one attached hydrogen (secondary N) is 2. The first kappa shape index (κ1) is 23.4. The number of phenolic OH excluding ortho intramolecular Hbond substituents is 1. The van der Waals surface area contributed by atoms with Crippen LogP contribution in [-0.2, 0) is 6.54 Å². The molecule has 7 nitrogen and oxygen atoms in total. The molecule has 2 amide bonds. The highest BCUT2D eigenvalue weighted by atomic mass is 35.5. The SMILES string of the molecule is O=C(Nc1ccc(-c2cc(C3CC3)n(C(=O)NCc3ccc(Cl)c(Cl)c3)n2)c(O)c1)c1cccs1. The molecule has 1 saturated carbocycles. The van der Waals surface area contributed by atoms with Crippen LogP contribution in [0.3, 0.4) is 0 Å². The van der Waals surface area contributed by atoms with Crippen LogP contribution in [0.5, 0.6) is 5.75 Å². The Morgan fingerprint density at radius 3 is 2.60 bits per heavy atom. The van der Waals surface area contributed by atoms with E-state index in [2.05, 4.69) is 15.7 Å². The molecule has 0 radical (unpaired) electrons. The number of phenols is 1. The highest BCUT2D eigenvalue weighted by molar-refractivity contribution is 7.12. The van der Waals surface area contributed by atoms with Gasteiger partial charge in [-0.1, -0.05) is 35.3 Å². The van der Waals surface area contributed by atoms with Crippen molar-refractivity contribution in [2.75, 3.05) is 5.32 Å². The van der Waals surface area contributed by atoms with E-state index < -0.39 is 0 Å². The smallest absolute Gasteiger partial charge is 0.342 e. The maximum atomic E-state index is 13.0. The van der Waals surface area contributed by atoms with E-state index in [-0.39, 0.29) is 30.2 Å². The second kappa shape index (κ2) is 9.73. The molecule has 2 aromatic heterocycles. The number of hydrogen-bond acceptors (Lipinski definition) is 5. The van der Waals surface area contributed by atoms with Crippen molar-refractivity contribution in [3.8, 4) is 17.0 Å². The van der Waals surface area contributed by atoms with Gasteiger partial charge in [0.1, 0.15) is 5.75 Å². The van der Waals surface area contributed by atoms with Gasteiger partial charge in [-0.2, -0.15) is 9.78 Å². The lowest BCUT2D eigenvalue weighted by Crippen LogP contribution is -2.30. The number of benzene rings is 2. The lowest BCUT2D eigenvalue weighted by atomic mass is 10.1. The van der Waals surface area contributed by atoms with Crippen LogP contribution in [0.2, 0.25) is 10.0 Å². The van der Waals surface area contributed by atoms with Crippen LogP contribution >= 0.6 is 34.5 Å². The molecule has 0 saturated heterocycles. The van der Waals surface area contributed by atoms with Crippen LogP contribution in [0.15, 0.2) is 60.0 Å². The summed E-state index contributed by atoms with van der Waals surface area (Å²) >= 11 is 13.4. The van der Waals surface area contributed by atoms with E-state index in [1.165, 1.54) is 22.1 Å². The minimum Gasteiger partial charge on any atom is -0.507 e. The van der Waals surface area contributed by atoms with Crippen LogP contribution in [0.1, 0.15) is 39.7 Å². The van der Waals surface area contributed by atoms with E-state index in [0.29, 0.717) is 31.9 Å². The number of thiophene rings is 1. The van der Waals surface area contributed by atoms with Crippen LogP contribution in [0, 0.1) is 0 Å². The predicted octanol–water partition coefficient (Wildman–Crippen LogP) is 6.51. The summed E-state index contributed by atoms with van der Waals surface area (Å²) in [6.45, 7) is 0.263. The Morgan fingerprint density at radius 1 is 1.09 bits per heavy atom. The number of nitrogens with zero attached hydrogens (tertiary/aromatic N) is 2. The van der Waals surface area contributed by atoms with Gasteiger partial charge in [-0.3, -0.25) is 4.79 Å². The molecule has 35 heavy (non-hydrogen) atoms. The fourth-order valence-corrected chi connectivity index (χ4v) is 4.63. The molecule has 2 aromatic carbocycles. The van der Waals surface area contributed by atoms with Crippen LogP contribution in [-0.4, -0.2) is 26.8 Å². The molecule has 1 aliphatic carbocycles. The Kier molecular flexibility index (Phi) is 6.51. The Labute approximate surface area is 215 Å². The van der Waals surface area contributed by atoms with Gasteiger partial charge in [-0.25, -0.2) is 4.79 Å². The summed E-state index contributed by atoms with van der Waals surface area (Å²) < 4.78 is 1.36. The molecule has 5 rings (SSSR count). The third kappa shape index (κ3) is 5.19. The zero-order valence-corrected chi connectivity index (χ0v) is 20.6. The molecule has 1 aliphatic rings. The molecule has 10 heteroatoms. The van der Waals surface area contributed by atoms with Gasteiger partial charge >= 0.3 is 6.03 Å². The summed E-state index contributed by atoms with van der Waals surface area (Å²) in [6, 6.07) is 15.0. The van der Waals surface area contributed by atoms with Gasteiger partial charge in [0.2, 0.25) is 0 Å². The lowest BCUT2D eigenvalue weighted by molar-refractivity contribution is 0.103. The van der Waals surface area contributed by atoms with Crippen LogP contribution < -0.4 is 10.6 Å². The number of hydrogen-bond donors (Lipinski definition) is 3. The quantitative estimate of drug-likeness (QED) is 0.266. The first-order valence-corrected chi connectivity index (χ1v) is 12.5. The molecular formula is C25H20Cl2N4O3S. The number of anilines is 1. The molecule has 1 fully saturated rings. The number of amides is 2. The van der Waals surface area contributed by atoms with E-state index in [0.717, 1.165) is 24.1 Å². The normalized spacial score (nSPS) is 13.0. The van der Waals surface area contributed by atoms with E-state index >= 15 is 0 Å². The monoisotopic (exact) mass is 526 g/mol. The number of carbonyl (C=O) groups is 2. The number of halogens is 2. The Bertz CT molecular complexity index is 1410. The van der Waals surface area contributed by atoms with E-state index in [9.17, 15) is 14.7 Å². The van der Waals surface area contributed by atoms with Crippen molar-refractivity contribution in [1.82, 2.24) is 15.1 Å². The average molecular weight is 527 g/mol. The summed E-state index contributed by atoms with van der Waals surface area (Å²) in [6.07, 6.45) is 1.95. The summed E-state index contributed by atoms with van der Waals surface area (Å²) in [7, 11) is 0. The highest BCUT2D eigenvalue weighted by Gasteiger charge is 2.30. The lowest BCUT2D eigenvalue weighted by Gasteiger charge is -2.09. The zero-order valence-electron chi connectivity index (χ0n) is 18.3. The topological polar surface area (TPSA) is 96.3 Å². The van der Waals surface area contributed by atoms with E-state index in [4.69, 9.17) is 23.2 Å². The van der Waals surface area contributed by atoms with Gasteiger partial charge in [0.15, 0.2) is 0 Å². The summed E-state index contributed by atoms with van der Waals surface area (Å²) in [5.41, 5.74) is 3.01. The molecule has 0 spiro atoms. The fourth-order valence-electron chi connectivity index (χ4n) is 3.69. The minimum absolute atomic E-state index is 0.0443. The third-order valence-electron chi connectivity index (χ3n) is 5.63. The van der Waals surface area contributed by atoms with Crippen molar-refractivity contribution in [2.45, 2.75) is 25.3 Å². The van der Waals surface area contributed by atoms with Gasteiger partial charge in [-0.15, -0.1) is 11.3 Å². The third-order valence-corrected chi connectivity index (χ3v) is 7.24. The van der Waals surface area contributed by atoms with Gasteiger partial charge in [0.25, 0.3) is 5.91 Å². The fraction of sp³-hybridized carbons (Fsp3) is 0.160. The van der Waals surface area contributed by atoms with Crippen LogP contribution in [0.25, 0.3) is 11.3 Å². The zero-order chi connectivity index (χ0) is 24.5. The Morgan fingerprint density at radius 2 is 1.91 bits per heavy atom. The Hall–Kier alpha value is -3.33. The maximum Gasteiger partial charge on any atom is 0.342 e. The van der Waals surface area contributed by atoms with Crippen LogP contribution in [0.4, 0.5) is 10.5 Å². The van der Waals surface area contributed by atoms with Crippen molar-refractivity contribution < 1.29 is 14.7 Å². The minimum atomic E-state index is -0.372. The molecule has 0 bridgehead atoms.